The Morgan fingerprint density at radius 2 is 1.89 bits per heavy atom. The van der Waals surface area contributed by atoms with Crippen LogP contribution in [0, 0.1) is 12.8 Å². The molecule has 106 valence electrons. The Kier molecular flexibility index (Phi) is 3.69. The van der Waals surface area contributed by atoms with E-state index in [1.165, 1.54) is 0 Å². The van der Waals surface area contributed by atoms with Crippen LogP contribution in [0.15, 0.2) is 18.2 Å². The Balaban J connectivity index is 2.42. The molecule has 19 heavy (non-hydrogen) atoms. The van der Waals surface area contributed by atoms with Gasteiger partial charge in [-0.3, -0.25) is 0 Å². The largest absolute Gasteiger partial charge is 0.316 e. The molecule has 0 aromatic heterocycles. The Bertz CT molecular complexity index is 454. The summed E-state index contributed by atoms with van der Waals surface area (Å²) in [5, 5.41) is 3.03. The fraction of sp³-hybridized carbons (Fsp3) is 0.625. The van der Waals surface area contributed by atoms with Crippen LogP contribution in [0.5, 0.6) is 0 Å². The third kappa shape index (κ3) is 2.81. The van der Waals surface area contributed by atoms with Crippen LogP contribution in [0.3, 0.4) is 0 Å². The van der Waals surface area contributed by atoms with Crippen LogP contribution in [0.1, 0.15) is 43.9 Å². The van der Waals surface area contributed by atoms with Crippen LogP contribution in [0.4, 0.5) is 8.78 Å². The third-order valence-electron chi connectivity index (χ3n) is 4.04. The second kappa shape index (κ2) is 4.86. The highest BCUT2D eigenvalue weighted by atomic mass is 19.3. The molecule has 0 radical (unpaired) electrons. The van der Waals surface area contributed by atoms with Crippen LogP contribution in [-0.2, 0) is 11.3 Å². The average molecular weight is 267 g/mol. The molecule has 1 aliphatic rings. The number of aryl methyl sites for hydroxylation is 1. The molecule has 1 unspecified atom stereocenters. The van der Waals surface area contributed by atoms with E-state index in [4.69, 9.17) is 0 Å². The van der Waals surface area contributed by atoms with Gasteiger partial charge in [0.05, 0.1) is 0 Å². The number of hydrogen-bond acceptors (Lipinski definition) is 1. The second-order valence-electron chi connectivity index (χ2n) is 6.59. The lowest BCUT2D eigenvalue weighted by Crippen LogP contribution is -2.29. The molecule has 1 saturated heterocycles. The highest BCUT2D eigenvalue weighted by Gasteiger charge is 2.43. The molecular formula is C16H23F2N. The van der Waals surface area contributed by atoms with Crippen molar-refractivity contribution in [2.45, 2.75) is 45.5 Å². The molecule has 1 aromatic rings. The van der Waals surface area contributed by atoms with E-state index in [-0.39, 0.29) is 11.0 Å². The maximum Gasteiger partial charge on any atom is 0.277 e. The highest BCUT2D eigenvalue weighted by Crippen LogP contribution is 2.41. The molecule has 1 heterocycles. The molecule has 0 spiro atoms. The van der Waals surface area contributed by atoms with E-state index >= 15 is 0 Å². The minimum absolute atomic E-state index is 0.105. The number of hydrogen-bond donors (Lipinski definition) is 1. The van der Waals surface area contributed by atoms with E-state index in [2.05, 4.69) is 26.1 Å². The Labute approximate surface area is 114 Å². The first-order valence-electron chi connectivity index (χ1n) is 6.93. The predicted octanol–water partition coefficient (Wildman–Crippen LogP) is 3.99. The van der Waals surface area contributed by atoms with Gasteiger partial charge in [0.25, 0.3) is 5.92 Å². The van der Waals surface area contributed by atoms with E-state index in [0.29, 0.717) is 25.1 Å². The molecule has 1 aromatic carbocycles. The number of nitrogens with one attached hydrogen (secondary N) is 1. The Hall–Kier alpha value is -0.960. The van der Waals surface area contributed by atoms with Crippen molar-refractivity contribution in [1.82, 2.24) is 5.32 Å². The first kappa shape index (κ1) is 14.4. The summed E-state index contributed by atoms with van der Waals surface area (Å²) in [5.74, 6) is -3.32. The standard InChI is InChI=1S/C16H23F2N/c1-11-5-6-12(15(2,3)4)9-14(11)16(17,18)13-7-8-19-10-13/h5-6,9,13,19H,7-8,10H2,1-4H3. The van der Waals surface area contributed by atoms with E-state index in [1.54, 1.807) is 13.0 Å². The zero-order valence-electron chi connectivity index (χ0n) is 12.2. The fourth-order valence-electron chi connectivity index (χ4n) is 2.63. The maximum absolute atomic E-state index is 14.7. The summed E-state index contributed by atoms with van der Waals surface area (Å²) in [6, 6.07) is 5.49. The smallest absolute Gasteiger partial charge is 0.277 e. The minimum Gasteiger partial charge on any atom is -0.316 e. The molecule has 2 rings (SSSR count). The molecule has 1 nitrogen and oxygen atoms in total. The quantitative estimate of drug-likeness (QED) is 0.854. The van der Waals surface area contributed by atoms with Gasteiger partial charge in [-0.15, -0.1) is 0 Å². The SMILES string of the molecule is Cc1ccc(C(C)(C)C)cc1C(F)(F)C1CCNC1. The van der Waals surface area contributed by atoms with Gasteiger partial charge >= 0.3 is 0 Å². The lowest BCUT2D eigenvalue weighted by atomic mass is 9.82. The summed E-state index contributed by atoms with van der Waals surface area (Å²) in [5.41, 5.74) is 1.75. The molecule has 0 saturated carbocycles. The highest BCUT2D eigenvalue weighted by molar-refractivity contribution is 5.37. The second-order valence-corrected chi connectivity index (χ2v) is 6.59. The van der Waals surface area contributed by atoms with Crippen molar-refractivity contribution in [2.24, 2.45) is 5.92 Å². The monoisotopic (exact) mass is 267 g/mol. The topological polar surface area (TPSA) is 12.0 Å². The van der Waals surface area contributed by atoms with Gasteiger partial charge in [-0.25, -0.2) is 8.78 Å². The van der Waals surface area contributed by atoms with Gasteiger partial charge in [-0.2, -0.15) is 0 Å². The van der Waals surface area contributed by atoms with Crippen LogP contribution in [-0.4, -0.2) is 13.1 Å². The van der Waals surface area contributed by atoms with E-state index in [1.807, 2.05) is 12.1 Å². The summed E-state index contributed by atoms with van der Waals surface area (Å²) < 4.78 is 29.3. The first-order chi connectivity index (χ1) is 8.73. The van der Waals surface area contributed by atoms with Gasteiger partial charge < -0.3 is 5.32 Å². The van der Waals surface area contributed by atoms with Gasteiger partial charge in [0.15, 0.2) is 0 Å². The van der Waals surface area contributed by atoms with Crippen LogP contribution in [0.2, 0.25) is 0 Å². The van der Waals surface area contributed by atoms with E-state index in [9.17, 15) is 8.78 Å². The minimum atomic E-state index is -2.74. The van der Waals surface area contributed by atoms with Crippen molar-refractivity contribution in [3.05, 3.63) is 34.9 Å². The number of rotatable bonds is 2. The number of alkyl halides is 2. The molecular weight excluding hydrogens is 244 g/mol. The van der Waals surface area contributed by atoms with Gasteiger partial charge in [0.2, 0.25) is 0 Å². The summed E-state index contributed by atoms with van der Waals surface area (Å²) in [6.07, 6.45) is 0.548. The van der Waals surface area contributed by atoms with Crippen LogP contribution < -0.4 is 5.32 Å². The summed E-state index contributed by atoms with van der Waals surface area (Å²) in [7, 11) is 0. The fourth-order valence-corrected chi connectivity index (χ4v) is 2.63. The Morgan fingerprint density at radius 3 is 2.42 bits per heavy atom. The molecule has 0 bridgehead atoms. The number of benzene rings is 1. The van der Waals surface area contributed by atoms with Gasteiger partial charge in [0, 0.05) is 18.0 Å². The summed E-state index contributed by atoms with van der Waals surface area (Å²) >= 11 is 0. The molecule has 1 N–H and O–H groups in total. The van der Waals surface area contributed by atoms with Crippen molar-refractivity contribution in [3.63, 3.8) is 0 Å². The van der Waals surface area contributed by atoms with Crippen molar-refractivity contribution in [3.8, 4) is 0 Å². The van der Waals surface area contributed by atoms with E-state index < -0.39 is 11.8 Å². The molecule has 1 atom stereocenters. The number of halogens is 2. The third-order valence-corrected chi connectivity index (χ3v) is 4.04. The molecule has 1 aliphatic heterocycles. The summed E-state index contributed by atoms with van der Waals surface area (Å²) in [6.45, 7) is 9.03. The van der Waals surface area contributed by atoms with E-state index in [0.717, 1.165) is 5.56 Å². The molecule has 1 fully saturated rings. The van der Waals surface area contributed by atoms with Gasteiger partial charge in [-0.05, 0) is 42.5 Å². The zero-order chi connectivity index (χ0) is 14.3. The molecule has 0 amide bonds. The lowest BCUT2D eigenvalue weighted by Gasteiger charge is -2.27. The molecule has 3 heteroatoms. The van der Waals surface area contributed by atoms with Crippen molar-refractivity contribution < 1.29 is 8.78 Å². The van der Waals surface area contributed by atoms with Gasteiger partial charge in [0.1, 0.15) is 0 Å². The van der Waals surface area contributed by atoms with Gasteiger partial charge in [-0.1, -0.05) is 32.9 Å². The molecule has 0 aliphatic carbocycles. The average Bonchev–Trinajstić information content (AvgIpc) is 2.81. The van der Waals surface area contributed by atoms with Crippen LogP contribution >= 0.6 is 0 Å². The predicted molar refractivity (Wildman–Crippen MR) is 74.7 cm³/mol. The first-order valence-corrected chi connectivity index (χ1v) is 6.93. The lowest BCUT2D eigenvalue weighted by molar-refractivity contribution is -0.0581. The van der Waals surface area contributed by atoms with Crippen LogP contribution in [0.25, 0.3) is 0 Å². The zero-order valence-corrected chi connectivity index (χ0v) is 12.2. The maximum atomic E-state index is 14.7. The van der Waals surface area contributed by atoms with Crippen molar-refractivity contribution >= 4 is 0 Å². The Morgan fingerprint density at radius 1 is 1.21 bits per heavy atom. The van der Waals surface area contributed by atoms with Crippen molar-refractivity contribution in [2.75, 3.05) is 13.1 Å². The van der Waals surface area contributed by atoms with Crippen molar-refractivity contribution in [1.29, 1.82) is 0 Å². The normalized spacial score (nSPS) is 20.8. The summed E-state index contributed by atoms with van der Waals surface area (Å²) in [4.78, 5) is 0.